The van der Waals surface area contributed by atoms with Crippen LogP contribution in [0.2, 0.25) is 0 Å². The Morgan fingerprint density at radius 2 is 1.68 bits per heavy atom. The third-order valence-electron chi connectivity index (χ3n) is 7.46. The summed E-state index contributed by atoms with van der Waals surface area (Å²) in [5.74, 6) is -0.305. The number of ether oxygens (including phenoxy) is 1. The van der Waals surface area contributed by atoms with Crippen molar-refractivity contribution in [1.29, 1.82) is 0 Å². The van der Waals surface area contributed by atoms with Crippen LogP contribution in [-0.2, 0) is 21.2 Å². The van der Waals surface area contributed by atoms with Gasteiger partial charge in [-0.3, -0.25) is 13.9 Å². The molecule has 0 aromatic heterocycles. The van der Waals surface area contributed by atoms with E-state index >= 15 is 0 Å². The molecule has 0 saturated carbocycles. The molecule has 9 heteroatoms. The molecule has 5 rings (SSSR count). The van der Waals surface area contributed by atoms with Gasteiger partial charge in [0.15, 0.2) is 5.78 Å². The maximum absolute atomic E-state index is 13.6. The van der Waals surface area contributed by atoms with Crippen molar-refractivity contribution in [2.75, 3.05) is 49.0 Å². The van der Waals surface area contributed by atoms with Crippen LogP contribution < -0.4 is 13.9 Å². The quantitative estimate of drug-likeness (QED) is 0.403. The molecule has 1 fully saturated rings. The van der Waals surface area contributed by atoms with Crippen LogP contribution in [0.3, 0.4) is 0 Å². The van der Waals surface area contributed by atoms with Crippen molar-refractivity contribution in [3.63, 3.8) is 0 Å². The Morgan fingerprint density at radius 3 is 2.38 bits per heavy atom. The van der Waals surface area contributed by atoms with E-state index in [1.165, 1.54) is 24.7 Å². The van der Waals surface area contributed by atoms with Gasteiger partial charge in [0.05, 0.1) is 22.8 Å². The lowest BCUT2D eigenvalue weighted by Gasteiger charge is -2.36. The predicted molar refractivity (Wildman–Crippen MR) is 156 cm³/mol. The minimum Gasteiger partial charge on any atom is -0.492 e. The molecule has 1 aliphatic carbocycles. The first-order valence-corrected chi connectivity index (χ1v) is 14.8. The fraction of sp³-hybridized carbons (Fsp3) is 0.290. The number of allylic oxidation sites excluding steroid dienone is 1. The molecule has 0 bridgehead atoms. The first kappa shape index (κ1) is 27.5. The summed E-state index contributed by atoms with van der Waals surface area (Å²) < 4.78 is 33.9. The molecule has 1 saturated heterocycles. The molecular weight excluding hydrogens is 526 g/mol. The molecule has 208 valence electrons. The van der Waals surface area contributed by atoms with Gasteiger partial charge in [-0.25, -0.2) is 8.42 Å². The fourth-order valence-electron chi connectivity index (χ4n) is 5.12. The fourth-order valence-corrected chi connectivity index (χ4v) is 6.35. The number of benzene rings is 3. The average Bonchev–Trinajstić information content (AvgIpc) is 2.97. The van der Waals surface area contributed by atoms with E-state index in [-0.39, 0.29) is 21.9 Å². The van der Waals surface area contributed by atoms with E-state index in [0.717, 1.165) is 9.99 Å². The number of nitrogens with zero attached hydrogens (tertiary/aromatic N) is 3. The lowest BCUT2D eigenvalue weighted by molar-refractivity contribution is -0.127. The van der Waals surface area contributed by atoms with Crippen molar-refractivity contribution in [3.8, 4) is 5.75 Å². The highest BCUT2D eigenvalue weighted by atomic mass is 32.2. The van der Waals surface area contributed by atoms with Gasteiger partial charge < -0.3 is 14.5 Å². The normalized spacial score (nSPS) is 15.4. The van der Waals surface area contributed by atoms with Crippen LogP contribution in [0.5, 0.6) is 5.75 Å². The second-order valence-electron chi connectivity index (χ2n) is 9.96. The molecule has 40 heavy (non-hydrogen) atoms. The van der Waals surface area contributed by atoms with Crippen LogP contribution in [-0.4, -0.2) is 64.8 Å². The smallest absolute Gasteiger partial charge is 0.264 e. The maximum Gasteiger partial charge on any atom is 0.264 e. The zero-order valence-electron chi connectivity index (χ0n) is 23.0. The van der Waals surface area contributed by atoms with Gasteiger partial charge in [-0.2, -0.15) is 0 Å². The number of para-hydroxylation sites is 2. The number of hydrogen-bond acceptors (Lipinski definition) is 6. The summed E-state index contributed by atoms with van der Waals surface area (Å²) in [6.07, 6.45) is 2.05. The Kier molecular flexibility index (Phi) is 7.67. The monoisotopic (exact) mass is 559 g/mol. The van der Waals surface area contributed by atoms with E-state index < -0.39 is 15.8 Å². The molecule has 0 spiro atoms. The summed E-state index contributed by atoms with van der Waals surface area (Å²) in [5.41, 5.74) is 3.74. The largest absolute Gasteiger partial charge is 0.492 e. The third-order valence-corrected chi connectivity index (χ3v) is 9.22. The number of fused-ring (bicyclic) bond motifs is 1. The van der Waals surface area contributed by atoms with Crippen LogP contribution in [0.1, 0.15) is 28.4 Å². The minimum absolute atomic E-state index is 0.0196. The molecule has 8 nitrogen and oxygen atoms in total. The number of ketones is 1. The number of Topliss-reactive ketones (excluding diaryl/α,β-unsaturated/α-hetero) is 1. The average molecular weight is 560 g/mol. The van der Waals surface area contributed by atoms with E-state index in [4.69, 9.17) is 4.74 Å². The molecule has 1 heterocycles. The summed E-state index contributed by atoms with van der Waals surface area (Å²) in [6.45, 7) is 6.62. The summed E-state index contributed by atoms with van der Waals surface area (Å²) in [7, 11) is -2.54. The van der Waals surface area contributed by atoms with Gasteiger partial charge in [0, 0.05) is 44.5 Å². The lowest BCUT2D eigenvalue weighted by atomic mass is 9.89. The van der Waals surface area contributed by atoms with Gasteiger partial charge in [-0.05, 0) is 62.2 Å². The van der Waals surface area contributed by atoms with Crippen LogP contribution in [0.4, 0.5) is 11.4 Å². The van der Waals surface area contributed by atoms with E-state index in [1.807, 2.05) is 13.8 Å². The second kappa shape index (κ2) is 11.2. The SMILES string of the molecule is CCOc1ccccc1N(C)S(=O)(=O)c1ccc2c(c1)C(=O)C(C(=O)N1CCN(c3ccc(C)cc3)CC1)=CC2. The summed E-state index contributed by atoms with van der Waals surface area (Å²) in [5, 5.41) is 0. The summed E-state index contributed by atoms with van der Waals surface area (Å²) in [4.78, 5) is 30.9. The van der Waals surface area contributed by atoms with Gasteiger partial charge in [0.25, 0.3) is 15.9 Å². The van der Waals surface area contributed by atoms with Crippen molar-refractivity contribution < 1.29 is 22.7 Å². The minimum atomic E-state index is -4.00. The molecule has 0 atom stereocenters. The highest BCUT2D eigenvalue weighted by Crippen LogP contribution is 2.33. The predicted octanol–water partition coefficient (Wildman–Crippen LogP) is 4.23. The topological polar surface area (TPSA) is 87.2 Å². The van der Waals surface area contributed by atoms with Crippen molar-refractivity contribution in [3.05, 3.63) is 95.1 Å². The first-order valence-electron chi connectivity index (χ1n) is 13.4. The molecule has 1 aliphatic heterocycles. The number of piperazine rings is 1. The number of aryl methyl sites for hydroxylation is 1. The van der Waals surface area contributed by atoms with Crippen molar-refractivity contribution in [2.24, 2.45) is 0 Å². The molecule has 3 aromatic rings. The second-order valence-corrected chi connectivity index (χ2v) is 11.9. The van der Waals surface area contributed by atoms with Crippen LogP contribution >= 0.6 is 0 Å². The molecule has 1 amide bonds. The highest BCUT2D eigenvalue weighted by Gasteiger charge is 2.32. The third kappa shape index (κ3) is 5.21. The van der Waals surface area contributed by atoms with E-state index in [1.54, 1.807) is 41.3 Å². The maximum atomic E-state index is 13.6. The lowest BCUT2D eigenvalue weighted by Crippen LogP contribution is -2.50. The Hall–Kier alpha value is -4.11. The number of hydrogen-bond donors (Lipinski definition) is 0. The number of carbonyl (C=O) groups excluding carboxylic acids is 2. The van der Waals surface area contributed by atoms with Gasteiger partial charge in [0.1, 0.15) is 5.75 Å². The Balaban J connectivity index is 1.33. The van der Waals surface area contributed by atoms with E-state index in [0.29, 0.717) is 56.2 Å². The Morgan fingerprint density at radius 1 is 0.975 bits per heavy atom. The molecule has 0 N–H and O–H groups in total. The number of sulfonamides is 1. The van der Waals surface area contributed by atoms with Crippen molar-refractivity contribution >= 4 is 33.1 Å². The summed E-state index contributed by atoms with van der Waals surface area (Å²) in [6, 6.07) is 19.7. The number of amides is 1. The molecule has 0 unspecified atom stereocenters. The van der Waals surface area contributed by atoms with Crippen LogP contribution in [0.15, 0.2) is 83.3 Å². The van der Waals surface area contributed by atoms with E-state index in [2.05, 4.69) is 29.2 Å². The first-order chi connectivity index (χ1) is 19.2. The molecule has 0 radical (unpaired) electrons. The zero-order valence-corrected chi connectivity index (χ0v) is 23.8. The number of rotatable bonds is 7. The molecule has 3 aromatic carbocycles. The van der Waals surface area contributed by atoms with Crippen LogP contribution in [0.25, 0.3) is 0 Å². The number of carbonyl (C=O) groups is 2. The van der Waals surface area contributed by atoms with E-state index in [9.17, 15) is 18.0 Å². The number of anilines is 2. The Labute approximate surface area is 235 Å². The molecule has 2 aliphatic rings. The van der Waals surface area contributed by atoms with Gasteiger partial charge >= 0.3 is 0 Å². The van der Waals surface area contributed by atoms with Crippen molar-refractivity contribution in [2.45, 2.75) is 25.2 Å². The van der Waals surface area contributed by atoms with Gasteiger partial charge in [-0.15, -0.1) is 0 Å². The van der Waals surface area contributed by atoms with Crippen molar-refractivity contribution in [1.82, 2.24) is 4.90 Å². The standard InChI is InChI=1S/C31H33N3O5S/c1-4-39-29-8-6-5-7-28(29)32(3)40(37,38)25-15-11-23-12-16-26(30(35)27(23)21-25)31(36)34-19-17-33(18-20-34)24-13-9-22(2)10-14-24/h5-11,13-16,21H,4,12,17-20H2,1-3H3. The van der Waals surface area contributed by atoms with Crippen LogP contribution in [0, 0.1) is 6.92 Å². The van der Waals surface area contributed by atoms with Gasteiger partial charge in [-0.1, -0.05) is 42.0 Å². The summed E-state index contributed by atoms with van der Waals surface area (Å²) >= 11 is 0. The zero-order chi connectivity index (χ0) is 28.4. The highest BCUT2D eigenvalue weighted by molar-refractivity contribution is 7.92. The Bertz CT molecular complexity index is 1570. The van der Waals surface area contributed by atoms with Gasteiger partial charge in [0.2, 0.25) is 0 Å². The molecular formula is C31H33N3O5S.